The molecule has 1 fully saturated rings. The molecule has 1 aliphatic rings. The molecule has 8 heteroatoms. The number of hydrogen-bond acceptors (Lipinski definition) is 7. The van der Waals surface area contributed by atoms with Gasteiger partial charge >= 0.3 is 0 Å². The van der Waals surface area contributed by atoms with E-state index >= 15 is 0 Å². The van der Waals surface area contributed by atoms with Gasteiger partial charge in [-0.2, -0.15) is 0 Å². The number of rotatable bonds is 8. The zero-order valence-corrected chi connectivity index (χ0v) is 18.3. The van der Waals surface area contributed by atoms with Crippen molar-refractivity contribution in [2.24, 2.45) is 0 Å². The van der Waals surface area contributed by atoms with Gasteiger partial charge in [0.05, 0.1) is 18.6 Å². The van der Waals surface area contributed by atoms with Gasteiger partial charge in [-0.05, 0) is 38.8 Å². The van der Waals surface area contributed by atoms with Crippen LogP contribution in [0, 0.1) is 0 Å². The lowest BCUT2D eigenvalue weighted by atomic mass is 9.93. The normalized spacial score (nSPS) is 14.9. The molecule has 0 radical (unpaired) electrons. The number of carbonyl (C=O) groups is 1. The standard InChI is InChI=1S/C20H28N4O2S2/c1-14(2)24(15-9-5-4-6-10-15)18(25)13-27-20-23-22-19(28-20)21-16-11-7-8-12-17(16)26-3/h7-8,11-12,14-15H,4-6,9-10,13H2,1-3H3,(H,21,22). The minimum Gasteiger partial charge on any atom is -0.495 e. The van der Waals surface area contributed by atoms with Crippen LogP contribution in [0.3, 0.4) is 0 Å². The Morgan fingerprint density at radius 3 is 2.75 bits per heavy atom. The van der Waals surface area contributed by atoms with Crippen LogP contribution in [0.2, 0.25) is 0 Å². The van der Waals surface area contributed by atoms with E-state index in [1.807, 2.05) is 24.3 Å². The number of hydrogen-bond donors (Lipinski definition) is 1. The summed E-state index contributed by atoms with van der Waals surface area (Å²) in [6.45, 7) is 4.22. The molecular weight excluding hydrogens is 392 g/mol. The Kier molecular flexibility index (Phi) is 7.56. The number of anilines is 2. The molecule has 1 amide bonds. The van der Waals surface area contributed by atoms with E-state index in [2.05, 4.69) is 34.3 Å². The average molecular weight is 421 g/mol. The lowest BCUT2D eigenvalue weighted by Gasteiger charge is -2.37. The highest BCUT2D eigenvalue weighted by Gasteiger charge is 2.27. The highest BCUT2D eigenvalue weighted by molar-refractivity contribution is 8.01. The molecule has 152 valence electrons. The number of nitrogens with zero attached hydrogens (tertiary/aromatic N) is 3. The predicted octanol–water partition coefficient (Wildman–Crippen LogP) is 4.95. The monoisotopic (exact) mass is 420 g/mol. The Labute approximate surface area is 175 Å². The van der Waals surface area contributed by atoms with E-state index in [0.717, 1.165) is 28.6 Å². The number of ether oxygens (including phenoxy) is 1. The van der Waals surface area contributed by atoms with Crippen molar-refractivity contribution < 1.29 is 9.53 Å². The van der Waals surface area contributed by atoms with E-state index in [-0.39, 0.29) is 11.9 Å². The molecule has 1 saturated carbocycles. The van der Waals surface area contributed by atoms with Gasteiger partial charge in [-0.3, -0.25) is 4.79 Å². The van der Waals surface area contributed by atoms with Crippen LogP contribution < -0.4 is 10.1 Å². The Morgan fingerprint density at radius 2 is 2.04 bits per heavy atom. The molecule has 1 N–H and O–H groups in total. The number of methoxy groups -OCH3 is 1. The largest absolute Gasteiger partial charge is 0.495 e. The summed E-state index contributed by atoms with van der Waals surface area (Å²) in [5.41, 5.74) is 0.844. The minimum atomic E-state index is 0.196. The second-order valence-electron chi connectivity index (χ2n) is 7.17. The van der Waals surface area contributed by atoms with Crippen molar-refractivity contribution in [3.8, 4) is 5.75 Å². The number of thioether (sulfide) groups is 1. The van der Waals surface area contributed by atoms with Crippen LogP contribution in [0.25, 0.3) is 0 Å². The van der Waals surface area contributed by atoms with Crippen molar-refractivity contribution in [3.63, 3.8) is 0 Å². The van der Waals surface area contributed by atoms with Crippen LogP contribution in [0.4, 0.5) is 10.8 Å². The van der Waals surface area contributed by atoms with E-state index in [4.69, 9.17) is 4.74 Å². The van der Waals surface area contributed by atoms with Crippen LogP contribution in [-0.4, -0.2) is 46.0 Å². The molecule has 0 spiro atoms. The summed E-state index contributed by atoms with van der Waals surface area (Å²) in [6, 6.07) is 8.30. The Bertz CT molecular complexity index is 775. The van der Waals surface area contributed by atoms with E-state index in [9.17, 15) is 4.79 Å². The van der Waals surface area contributed by atoms with Crippen LogP contribution >= 0.6 is 23.1 Å². The van der Waals surface area contributed by atoms with Gasteiger partial charge in [0.25, 0.3) is 0 Å². The third-order valence-corrected chi connectivity index (χ3v) is 6.84. The molecule has 3 rings (SSSR count). The van der Waals surface area contributed by atoms with Crippen LogP contribution in [0.1, 0.15) is 46.0 Å². The van der Waals surface area contributed by atoms with Crippen molar-refractivity contribution >= 4 is 39.8 Å². The van der Waals surface area contributed by atoms with Crippen molar-refractivity contribution in [1.82, 2.24) is 15.1 Å². The number of amides is 1. The molecule has 6 nitrogen and oxygen atoms in total. The summed E-state index contributed by atoms with van der Waals surface area (Å²) in [7, 11) is 1.64. The third kappa shape index (κ3) is 5.38. The van der Waals surface area contributed by atoms with Crippen molar-refractivity contribution in [3.05, 3.63) is 24.3 Å². The molecule has 28 heavy (non-hydrogen) atoms. The lowest BCUT2D eigenvalue weighted by molar-refractivity contribution is -0.133. The Morgan fingerprint density at radius 1 is 1.29 bits per heavy atom. The van der Waals surface area contributed by atoms with Gasteiger partial charge in [-0.25, -0.2) is 0 Å². The number of carbonyl (C=O) groups excluding carboxylic acids is 1. The number of aromatic nitrogens is 2. The summed E-state index contributed by atoms with van der Waals surface area (Å²) in [6.07, 6.45) is 5.99. The lowest BCUT2D eigenvalue weighted by Crippen LogP contribution is -2.46. The van der Waals surface area contributed by atoms with Gasteiger partial charge in [0.15, 0.2) is 4.34 Å². The maximum atomic E-state index is 12.9. The maximum absolute atomic E-state index is 12.9. The molecule has 0 unspecified atom stereocenters. The molecule has 1 aromatic carbocycles. The van der Waals surface area contributed by atoms with Gasteiger partial charge in [-0.15, -0.1) is 10.2 Å². The Balaban J connectivity index is 1.57. The van der Waals surface area contributed by atoms with Crippen molar-refractivity contribution in [1.29, 1.82) is 0 Å². The van der Waals surface area contributed by atoms with E-state index < -0.39 is 0 Å². The zero-order valence-electron chi connectivity index (χ0n) is 16.7. The molecule has 1 aliphatic carbocycles. The number of para-hydroxylation sites is 2. The summed E-state index contributed by atoms with van der Waals surface area (Å²) >= 11 is 2.91. The maximum Gasteiger partial charge on any atom is 0.233 e. The van der Waals surface area contributed by atoms with Gasteiger partial charge in [-0.1, -0.05) is 54.5 Å². The van der Waals surface area contributed by atoms with Crippen molar-refractivity contribution in [2.45, 2.75) is 62.4 Å². The summed E-state index contributed by atoms with van der Waals surface area (Å²) in [5, 5.41) is 12.3. The fraction of sp³-hybridized carbons (Fsp3) is 0.550. The van der Waals surface area contributed by atoms with Crippen LogP contribution in [0.15, 0.2) is 28.6 Å². The van der Waals surface area contributed by atoms with Gasteiger partial charge in [0, 0.05) is 12.1 Å². The van der Waals surface area contributed by atoms with Gasteiger partial charge in [0.2, 0.25) is 11.0 Å². The van der Waals surface area contributed by atoms with Crippen LogP contribution in [0.5, 0.6) is 5.75 Å². The highest BCUT2D eigenvalue weighted by atomic mass is 32.2. The number of nitrogens with one attached hydrogen (secondary N) is 1. The Hall–Kier alpha value is -1.80. The second-order valence-corrected chi connectivity index (χ2v) is 9.37. The SMILES string of the molecule is COc1ccccc1Nc1nnc(SCC(=O)N(C(C)C)C2CCCCC2)s1. The third-order valence-electron chi connectivity index (χ3n) is 4.89. The quantitative estimate of drug-likeness (QED) is 0.609. The minimum absolute atomic E-state index is 0.196. The molecular formula is C20H28N4O2S2. The highest BCUT2D eigenvalue weighted by Crippen LogP contribution is 2.32. The zero-order chi connectivity index (χ0) is 19.9. The number of benzene rings is 1. The van der Waals surface area contributed by atoms with Gasteiger partial charge < -0.3 is 15.0 Å². The molecule has 2 aromatic rings. The first-order valence-corrected chi connectivity index (χ1v) is 11.6. The fourth-order valence-corrected chi connectivity index (χ4v) is 5.29. The van der Waals surface area contributed by atoms with E-state index in [1.54, 1.807) is 7.11 Å². The smallest absolute Gasteiger partial charge is 0.233 e. The molecule has 1 heterocycles. The summed E-state index contributed by atoms with van der Waals surface area (Å²) in [4.78, 5) is 15.0. The second kappa shape index (κ2) is 10.1. The van der Waals surface area contributed by atoms with E-state index in [0.29, 0.717) is 16.9 Å². The fourth-order valence-electron chi connectivity index (χ4n) is 3.65. The molecule has 1 aromatic heterocycles. The summed E-state index contributed by atoms with van der Waals surface area (Å²) in [5.74, 6) is 1.35. The first-order valence-electron chi connectivity index (χ1n) is 9.76. The van der Waals surface area contributed by atoms with Crippen molar-refractivity contribution in [2.75, 3.05) is 18.2 Å². The topological polar surface area (TPSA) is 67.3 Å². The molecule has 0 saturated heterocycles. The van der Waals surface area contributed by atoms with Crippen LogP contribution in [-0.2, 0) is 4.79 Å². The first kappa shape index (κ1) is 20.9. The molecule has 0 aliphatic heterocycles. The average Bonchev–Trinajstić information content (AvgIpc) is 3.15. The summed E-state index contributed by atoms with van der Waals surface area (Å²) < 4.78 is 6.14. The molecule has 0 atom stereocenters. The van der Waals surface area contributed by atoms with E-state index in [1.165, 1.54) is 42.4 Å². The predicted molar refractivity (Wildman–Crippen MR) is 116 cm³/mol. The molecule has 0 bridgehead atoms. The van der Waals surface area contributed by atoms with Gasteiger partial charge in [0.1, 0.15) is 5.75 Å². The first-order chi connectivity index (χ1) is 13.6.